The van der Waals surface area contributed by atoms with Gasteiger partial charge >= 0.3 is 10.4 Å². The Morgan fingerprint density at radius 2 is 1.66 bits per heavy atom. The molecule has 0 spiro atoms. The van der Waals surface area contributed by atoms with Gasteiger partial charge in [-0.15, -0.1) is 10.2 Å². The van der Waals surface area contributed by atoms with Crippen LogP contribution in [0.1, 0.15) is 11.1 Å². The molecule has 3 N–H and O–H groups in total. The van der Waals surface area contributed by atoms with E-state index in [2.05, 4.69) is 14.4 Å². The van der Waals surface area contributed by atoms with Crippen LogP contribution in [0.25, 0.3) is 10.8 Å². The van der Waals surface area contributed by atoms with Gasteiger partial charge in [0.1, 0.15) is 17.1 Å². The fourth-order valence-electron chi connectivity index (χ4n) is 3.01. The first-order valence-electron chi connectivity index (χ1n) is 9.20. The van der Waals surface area contributed by atoms with Gasteiger partial charge in [0.15, 0.2) is 15.6 Å². The van der Waals surface area contributed by atoms with Crippen LogP contribution in [0.15, 0.2) is 57.6 Å². The second kappa shape index (κ2) is 8.82. The molecule has 0 saturated heterocycles. The summed E-state index contributed by atoms with van der Waals surface area (Å²) in [5.41, 5.74) is 1.63. The molecule has 3 rings (SSSR count). The van der Waals surface area contributed by atoms with E-state index in [1.165, 1.54) is 0 Å². The minimum absolute atomic E-state index is 0.102. The number of phenolic OH excluding ortho intramolecular Hbond substituents is 2. The summed E-state index contributed by atoms with van der Waals surface area (Å²) in [5.74, 6) is -1.19. The molecule has 12 heteroatoms. The summed E-state index contributed by atoms with van der Waals surface area (Å²) in [5, 5.41) is 30.0. The number of rotatable bonds is 7. The molecule has 0 radical (unpaired) electrons. The van der Waals surface area contributed by atoms with Crippen molar-refractivity contribution in [2.75, 3.05) is 12.4 Å². The second-order valence-corrected chi connectivity index (χ2v) is 10.2. The molecule has 0 aliphatic heterocycles. The van der Waals surface area contributed by atoms with Crippen molar-refractivity contribution in [1.82, 2.24) is 0 Å². The molecule has 0 atom stereocenters. The summed E-state index contributed by atoms with van der Waals surface area (Å²) >= 11 is 0. The number of benzene rings is 3. The lowest BCUT2D eigenvalue weighted by Gasteiger charge is -2.09. The molecule has 0 unspecified atom stereocenters. The van der Waals surface area contributed by atoms with Crippen LogP contribution in [0, 0.1) is 13.8 Å². The van der Waals surface area contributed by atoms with Crippen molar-refractivity contribution in [2.45, 2.75) is 18.7 Å². The molecular formula is C20H20N2O8S2. The Balaban J connectivity index is 1.94. The number of hydrogen-bond donors (Lipinski definition) is 3. The number of nitrogens with zero attached hydrogens (tertiary/aromatic N) is 2. The monoisotopic (exact) mass is 480 g/mol. The van der Waals surface area contributed by atoms with Gasteiger partial charge in [0.05, 0.1) is 17.3 Å². The van der Waals surface area contributed by atoms with Crippen LogP contribution >= 0.6 is 0 Å². The van der Waals surface area contributed by atoms with Crippen molar-refractivity contribution in [3.63, 3.8) is 0 Å². The summed E-state index contributed by atoms with van der Waals surface area (Å²) < 4.78 is 58.5. The molecule has 3 aromatic carbocycles. The van der Waals surface area contributed by atoms with Crippen LogP contribution in [0.4, 0.5) is 11.4 Å². The van der Waals surface area contributed by atoms with Gasteiger partial charge in [-0.1, -0.05) is 23.8 Å². The Labute approximate surface area is 184 Å². The number of sulfone groups is 1. The highest BCUT2D eigenvalue weighted by atomic mass is 32.3. The van der Waals surface area contributed by atoms with Crippen LogP contribution in [-0.4, -0.2) is 44.0 Å². The number of fused-ring (bicyclic) bond motifs is 1. The fraction of sp³-hybridized carbons (Fsp3) is 0.200. The number of azo groups is 1. The van der Waals surface area contributed by atoms with Gasteiger partial charge in [-0.25, -0.2) is 12.6 Å². The first kappa shape index (κ1) is 23.6. The second-order valence-electron chi connectivity index (χ2n) is 7.03. The Morgan fingerprint density at radius 3 is 2.34 bits per heavy atom. The fourth-order valence-corrected chi connectivity index (χ4v) is 4.51. The minimum atomic E-state index is -4.77. The molecule has 170 valence electrons. The quantitative estimate of drug-likeness (QED) is 0.339. The molecule has 0 amide bonds. The third-order valence-electron chi connectivity index (χ3n) is 4.58. The summed E-state index contributed by atoms with van der Waals surface area (Å²) in [6.45, 7) is 2.87. The molecule has 0 saturated carbocycles. The van der Waals surface area contributed by atoms with E-state index in [-0.39, 0.29) is 27.8 Å². The van der Waals surface area contributed by atoms with E-state index >= 15 is 0 Å². The maximum Gasteiger partial charge on any atom is 0.397 e. The van der Waals surface area contributed by atoms with E-state index in [9.17, 15) is 27.0 Å². The molecule has 0 fully saturated rings. The molecular weight excluding hydrogens is 460 g/mol. The van der Waals surface area contributed by atoms with Gasteiger partial charge in [0.25, 0.3) is 0 Å². The van der Waals surface area contributed by atoms with Gasteiger partial charge in [-0.05, 0) is 49.1 Å². The van der Waals surface area contributed by atoms with Crippen molar-refractivity contribution >= 4 is 42.4 Å². The average molecular weight is 481 g/mol. The van der Waals surface area contributed by atoms with Crippen molar-refractivity contribution < 1.29 is 35.8 Å². The zero-order valence-corrected chi connectivity index (χ0v) is 18.7. The van der Waals surface area contributed by atoms with Crippen molar-refractivity contribution in [3.8, 4) is 11.5 Å². The average Bonchev–Trinajstić information content (AvgIpc) is 2.67. The van der Waals surface area contributed by atoms with E-state index in [0.717, 1.165) is 29.1 Å². The molecule has 3 aromatic rings. The third-order valence-corrected chi connectivity index (χ3v) is 6.72. The van der Waals surface area contributed by atoms with Gasteiger partial charge in [-0.2, -0.15) is 8.42 Å². The van der Waals surface area contributed by atoms with E-state index in [4.69, 9.17) is 4.55 Å². The molecule has 0 heterocycles. The lowest BCUT2D eigenvalue weighted by Crippen LogP contribution is -2.15. The maximum atomic E-state index is 12.4. The first-order chi connectivity index (χ1) is 14.9. The lowest BCUT2D eigenvalue weighted by molar-refractivity contribution is 0.284. The smallest absolute Gasteiger partial charge is 0.397 e. The molecule has 32 heavy (non-hydrogen) atoms. The summed E-state index contributed by atoms with van der Waals surface area (Å²) in [4.78, 5) is -0.266. The van der Waals surface area contributed by atoms with Crippen molar-refractivity contribution in [2.24, 2.45) is 10.2 Å². The Kier molecular flexibility index (Phi) is 6.51. The van der Waals surface area contributed by atoms with E-state index in [1.807, 2.05) is 25.1 Å². The van der Waals surface area contributed by atoms with Gasteiger partial charge in [-0.3, -0.25) is 4.55 Å². The summed E-state index contributed by atoms with van der Waals surface area (Å²) in [6, 6.07) is 10.6. The summed E-state index contributed by atoms with van der Waals surface area (Å²) in [6.07, 6.45) is 0. The Hall–Kier alpha value is -3.06. The SMILES string of the molecule is Cc1ccc2c(O)c(N=Nc3cc(S(=O)(=O)CCOS(=O)(=O)O)ccc3O)c(C)cc2c1. The number of hydrogen-bond acceptors (Lipinski definition) is 9. The van der Waals surface area contributed by atoms with Crippen molar-refractivity contribution in [3.05, 3.63) is 53.6 Å². The molecule has 0 bridgehead atoms. The minimum Gasteiger partial charge on any atom is -0.506 e. The molecule has 10 nitrogen and oxygen atoms in total. The van der Waals surface area contributed by atoms with Gasteiger partial charge < -0.3 is 10.2 Å². The standard InChI is InChI=1S/C20H20N2O8S2/c1-12-3-5-16-14(9-12)10-13(2)19(20(16)24)22-21-17-11-15(4-6-18(17)23)31(25,26)8-7-30-32(27,28)29/h3-6,9-11,23-24H,7-8H2,1-2H3,(H,27,28,29). The third kappa shape index (κ3) is 5.40. The number of aryl methyl sites for hydroxylation is 2. The highest BCUT2D eigenvalue weighted by molar-refractivity contribution is 7.91. The maximum absolute atomic E-state index is 12.4. The zero-order chi connectivity index (χ0) is 23.7. The predicted octanol–water partition coefficient (Wildman–Crippen LogP) is 3.88. The molecule has 0 aliphatic rings. The van der Waals surface area contributed by atoms with Gasteiger partial charge in [0, 0.05) is 5.39 Å². The normalized spacial score (nSPS) is 12.6. The van der Waals surface area contributed by atoms with Crippen LogP contribution < -0.4 is 0 Å². The molecule has 0 aromatic heterocycles. The largest absolute Gasteiger partial charge is 0.506 e. The number of phenols is 2. The van der Waals surface area contributed by atoms with Gasteiger partial charge in [0.2, 0.25) is 0 Å². The zero-order valence-electron chi connectivity index (χ0n) is 17.0. The molecule has 0 aliphatic carbocycles. The van der Waals surface area contributed by atoms with E-state index in [0.29, 0.717) is 10.9 Å². The van der Waals surface area contributed by atoms with E-state index < -0.39 is 32.6 Å². The topological polar surface area (TPSA) is 163 Å². The Morgan fingerprint density at radius 1 is 0.938 bits per heavy atom. The predicted molar refractivity (Wildman–Crippen MR) is 117 cm³/mol. The lowest BCUT2D eigenvalue weighted by atomic mass is 10.0. The highest BCUT2D eigenvalue weighted by Crippen LogP contribution is 2.40. The highest BCUT2D eigenvalue weighted by Gasteiger charge is 2.18. The van der Waals surface area contributed by atoms with Crippen LogP contribution in [0.2, 0.25) is 0 Å². The van der Waals surface area contributed by atoms with Crippen LogP contribution in [0.3, 0.4) is 0 Å². The Bertz CT molecular complexity index is 1430. The van der Waals surface area contributed by atoms with Crippen LogP contribution in [0.5, 0.6) is 11.5 Å². The van der Waals surface area contributed by atoms with E-state index in [1.54, 1.807) is 13.0 Å². The van der Waals surface area contributed by atoms with Crippen LogP contribution in [-0.2, 0) is 24.4 Å². The summed E-state index contributed by atoms with van der Waals surface area (Å²) in [7, 11) is -8.79. The number of aromatic hydroxyl groups is 2. The van der Waals surface area contributed by atoms with Crippen molar-refractivity contribution in [1.29, 1.82) is 0 Å². The first-order valence-corrected chi connectivity index (χ1v) is 12.2.